The second-order valence-electron chi connectivity index (χ2n) is 6.56. The van der Waals surface area contributed by atoms with E-state index < -0.39 is 20.6 Å². The predicted octanol–water partition coefficient (Wildman–Crippen LogP) is 3.43. The largest absolute Gasteiger partial charge is 0.380 e. The van der Waals surface area contributed by atoms with Crippen LogP contribution in [0.5, 0.6) is 0 Å². The maximum Gasteiger partial charge on any atom is 0.183 e. The van der Waals surface area contributed by atoms with Gasteiger partial charge in [-0.25, -0.2) is 8.42 Å². The van der Waals surface area contributed by atoms with Crippen molar-refractivity contribution in [3.05, 3.63) is 64.1 Å². The summed E-state index contributed by atoms with van der Waals surface area (Å²) >= 11 is 3.41. The molecule has 2 N–H and O–H groups in total. The monoisotopic (exact) mass is 423 g/mol. The molecule has 1 aliphatic carbocycles. The van der Waals surface area contributed by atoms with Gasteiger partial charge in [0, 0.05) is 17.0 Å². The minimum Gasteiger partial charge on any atom is -0.380 e. The summed E-state index contributed by atoms with van der Waals surface area (Å²) in [6, 6.07) is 14.6. The van der Waals surface area contributed by atoms with Gasteiger partial charge in [-0.3, -0.25) is 0 Å². The molecule has 1 fully saturated rings. The fraction of sp³-hybridized carbons (Fsp3) is 0.368. The summed E-state index contributed by atoms with van der Waals surface area (Å²) in [5.41, 5.74) is 7.56. The summed E-state index contributed by atoms with van der Waals surface area (Å²) in [5, 5.41) is -0.685. The number of ether oxygens (including phenoxy) is 1. The number of sulfone groups is 1. The highest BCUT2D eigenvalue weighted by atomic mass is 79.9. The van der Waals surface area contributed by atoms with Gasteiger partial charge >= 0.3 is 0 Å². The van der Waals surface area contributed by atoms with Gasteiger partial charge in [-0.2, -0.15) is 0 Å². The van der Waals surface area contributed by atoms with E-state index in [0.717, 1.165) is 15.6 Å². The third-order valence-electron chi connectivity index (χ3n) is 4.77. The van der Waals surface area contributed by atoms with Crippen LogP contribution in [0, 0.1) is 6.92 Å². The molecule has 3 rings (SSSR count). The van der Waals surface area contributed by atoms with Crippen LogP contribution in [0.15, 0.2) is 57.9 Å². The first-order valence-corrected chi connectivity index (χ1v) is 10.6. The highest BCUT2D eigenvalue weighted by molar-refractivity contribution is 9.10. The topological polar surface area (TPSA) is 69.4 Å². The van der Waals surface area contributed by atoms with Crippen molar-refractivity contribution in [3.63, 3.8) is 0 Å². The highest BCUT2D eigenvalue weighted by Crippen LogP contribution is 2.55. The van der Waals surface area contributed by atoms with Crippen molar-refractivity contribution < 1.29 is 13.2 Å². The normalized spacial score (nSPS) is 25.8. The van der Waals surface area contributed by atoms with Crippen molar-refractivity contribution in [2.75, 3.05) is 13.2 Å². The molecule has 2 aromatic rings. The Morgan fingerprint density at radius 2 is 1.72 bits per heavy atom. The van der Waals surface area contributed by atoms with E-state index in [4.69, 9.17) is 10.5 Å². The van der Waals surface area contributed by atoms with E-state index in [0.29, 0.717) is 11.5 Å². The van der Waals surface area contributed by atoms with Gasteiger partial charge in [-0.1, -0.05) is 45.8 Å². The zero-order valence-corrected chi connectivity index (χ0v) is 16.7. The van der Waals surface area contributed by atoms with Crippen LogP contribution < -0.4 is 5.73 Å². The molecule has 0 bridgehead atoms. The van der Waals surface area contributed by atoms with Gasteiger partial charge in [0.1, 0.15) is 0 Å². The SMILES string of the molecule is CCOC[C@]1(N)[C@@H](c2ccc(Br)cc2)[C@@H]1S(=O)(=O)c1ccc(C)cc1. The summed E-state index contributed by atoms with van der Waals surface area (Å²) in [6.45, 7) is 4.54. The lowest BCUT2D eigenvalue weighted by Gasteiger charge is -2.12. The quantitative estimate of drug-likeness (QED) is 0.772. The van der Waals surface area contributed by atoms with Gasteiger partial charge in [0.2, 0.25) is 0 Å². The number of benzene rings is 2. The molecule has 0 aromatic heterocycles. The summed E-state index contributed by atoms with van der Waals surface area (Å²) in [7, 11) is -3.54. The molecular formula is C19H22BrNO3S. The number of halogens is 1. The van der Waals surface area contributed by atoms with Crippen molar-refractivity contribution in [2.24, 2.45) is 5.73 Å². The molecule has 4 nitrogen and oxygen atoms in total. The third kappa shape index (κ3) is 3.40. The number of rotatable bonds is 6. The number of aryl methyl sites for hydroxylation is 1. The van der Waals surface area contributed by atoms with Gasteiger partial charge in [0.05, 0.1) is 22.3 Å². The standard InChI is InChI=1S/C19H22BrNO3S/c1-3-24-12-19(21)17(14-6-8-15(20)9-7-14)18(19)25(22,23)16-10-4-13(2)5-11-16/h4-11,17-18H,3,12,21H2,1-2H3/t17-,18-,19-/m0/s1. The number of nitrogens with two attached hydrogens (primary N) is 1. The lowest BCUT2D eigenvalue weighted by Crippen LogP contribution is -2.36. The smallest absolute Gasteiger partial charge is 0.183 e. The Bertz CT molecular complexity index is 849. The van der Waals surface area contributed by atoms with Crippen LogP contribution >= 0.6 is 15.9 Å². The van der Waals surface area contributed by atoms with E-state index in [1.807, 2.05) is 50.2 Å². The lowest BCUT2D eigenvalue weighted by molar-refractivity contribution is 0.125. The predicted molar refractivity (Wildman–Crippen MR) is 102 cm³/mol. The van der Waals surface area contributed by atoms with E-state index >= 15 is 0 Å². The van der Waals surface area contributed by atoms with Gasteiger partial charge < -0.3 is 10.5 Å². The maximum atomic E-state index is 13.2. The molecule has 0 aliphatic heterocycles. The van der Waals surface area contributed by atoms with Crippen molar-refractivity contribution in [1.29, 1.82) is 0 Å². The van der Waals surface area contributed by atoms with Gasteiger partial charge in [-0.15, -0.1) is 0 Å². The summed E-state index contributed by atoms with van der Waals surface area (Å²) in [5.74, 6) is -0.279. The Morgan fingerprint density at radius 1 is 1.12 bits per heavy atom. The fourth-order valence-corrected chi connectivity index (χ4v) is 5.93. The molecule has 0 heterocycles. The van der Waals surface area contributed by atoms with Crippen molar-refractivity contribution in [3.8, 4) is 0 Å². The van der Waals surface area contributed by atoms with Gasteiger partial charge in [-0.05, 0) is 43.7 Å². The van der Waals surface area contributed by atoms with Crippen LogP contribution in [0.2, 0.25) is 0 Å². The minimum atomic E-state index is -3.54. The van der Waals surface area contributed by atoms with Crippen LogP contribution in [0.3, 0.4) is 0 Å². The maximum absolute atomic E-state index is 13.2. The Balaban J connectivity index is 1.99. The second-order valence-corrected chi connectivity index (χ2v) is 9.54. The molecule has 1 aliphatic rings. The molecule has 0 unspecified atom stereocenters. The van der Waals surface area contributed by atoms with Gasteiger partial charge in [0.25, 0.3) is 0 Å². The van der Waals surface area contributed by atoms with E-state index in [2.05, 4.69) is 15.9 Å². The Morgan fingerprint density at radius 3 is 2.28 bits per heavy atom. The molecular weight excluding hydrogens is 402 g/mol. The third-order valence-corrected chi connectivity index (χ3v) is 7.61. The average molecular weight is 424 g/mol. The van der Waals surface area contributed by atoms with E-state index in [1.54, 1.807) is 12.1 Å². The summed E-state index contributed by atoms with van der Waals surface area (Å²) in [6.07, 6.45) is 0. The molecule has 0 spiro atoms. The molecule has 0 amide bonds. The molecule has 2 aromatic carbocycles. The van der Waals surface area contributed by atoms with Crippen molar-refractivity contribution in [2.45, 2.75) is 35.4 Å². The van der Waals surface area contributed by atoms with Crippen molar-refractivity contribution in [1.82, 2.24) is 0 Å². The van der Waals surface area contributed by atoms with Crippen LogP contribution in [0.1, 0.15) is 24.0 Å². The second kappa shape index (κ2) is 6.83. The molecule has 0 saturated heterocycles. The number of hydrogen-bond acceptors (Lipinski definition) is 4. The zero-order chi connectivity index (χ0) is 18.2. The lowest BCUT2D eigenvalue weighted by atomic mass is 10.1. The Kier molecular flexibility index (Phi) is 5.08. The zero-order valence-electron chi connectivity index (χ0n) is 14.3. The molecule has 0 radical (unpaired) electrons. The summed E-state index contributed by atoms with van der Waals surface area (Å²) in [4.78, 5) is 0.314. The Labute approximate surface area is 157 Å². The molecule has 134 valence electrons. The first kappa shape index (κ1) is 18.6. The van der Waals surface area contributed by atoms with Crippen LogP contribution in [-0.2, 0) is 14.6 Å². The van der Waals surface area contributed by atoms with E-state index in [9.17, 15) is 8.42 Å². The highest BCUT2D eigenvalue weighted by Gasteiger charge is 2.69. The average Bonchev–Trinajstić information content (AvgIpc) is 3.21. The number of hydrogen-bond donors (Lipinski definition) is 1. The van der Waals surface area contributed by atoms with E-state index in [1.165, 1.54) is 0 Å². The van der Waals surface area contributed by atoms with Crippen LogP contribution in [0.4, 0.5) is 0 Å². The Hall–Kier alpha value is -1.21. The molecule has 25 heavy (non-hydrogen) atoms. The van der Waals surface area contributed by atoms with Crippen LogP contribution in [-0.4, -0.2) is 32.4 Å². The fourth-order valence-electron chi connectivity index (χ4n) is 3.37. The van der Waals surface area contributed by atoms with Gasteiger partial charge in [0.15, 0.2) is 9.84 Å². The first-order valence-electron chi connectivity index (χ1n) is 8.23. The molecule has 1 saturated carbocycles. The molecule has 6 heteroatoms. The molecule has 3 atom stereocenters. The van der Waals surface area contributed by atoms with E-state index in [-0.39, 0.29) is 12.5 Å². The summed E-state index contributed by atoms with van der Waals surface area (Å²) < 4.78 is 32.8. The van der Waals surface area contributed by atoms with Crippen LogP contribution in [0.25, 0.3) is 0 Å². The first-order chi connectivity index (χ1) is 11.8. The van der Waals surface area contributed by atoms with Crippen molar-refractivity contribution >= 4 is 25.8 Å². The minimum absolute atomic E-state index is 0.222.